The maximum absolute atomic E-state index is 11.4. The number of halogens is 1. The van der Waals surface area contributed by atoms with Crippen molar-refractivity contribution in [1.82, 2.24) is 4.72 Å². The van der Waals surface area contributed by atoms with E-state index in [-0.39, 0.29) is 15.5 Å². The Morgan fingerprint density at radius 3 is 2.64 bits per heavy atom. The van der Waals surface area contributed by atoms with Crippen molar-refractivity contribution >= 4 is 21.6 Å². The van der Waals surface area contributed by atoms with Crippen LogP contribution in [0.4, 0.5) is 0 Å². The summed E-state index contributed by atoms with van der Waals surface area (Å²) < 4.78 is 24.9. The van der Waals surface area contributed by atoms with E-state index in [2.05, 4.69) is 4.72 Å². The van der Waals surface area contributed by atoms with Crippen LogP contribution in [0.5, 0.6) is 0 Å². The SMILES string of the molecule is CNS(=O)(=O)c1cc(Cl)ccc1C#N. The molecule has 0 saturated heterocycles. The highest BCUT2D eigenvalue weighted by Gasteiger charge is 2.16. The Balaban J connectivity index is 3.49. The van der Waals surface area contributed by atoms with Crippen LogP contribution in [0.25, 0.3) is 0 Å². The fourth-order valence-electron chi connectivity index (χ4n) is 0.921. The molecular formula is C8H7ClN2O2S. The Bertz CT molecular complexity index is 491. The molecule has 0 radical (unpaired) electrons. The summed E-state index contributed by atoms with van der Waals surface area (Å²) in [6, 6.07) is 5.86. The molecule has 0 fully saturated rings. The Morgan fingerprint density at radius 1 is 1.50 bits per heavy atom. The summed E-state index contributed by atoms with van der Waals surface area (Å²) in [4.78, 5) is -0.102. The van der Waals surface area contributed by atoms with Crippen LogP contribution in [0, 0.1) is 11.3 Å². The quantitative estimate of drug-likeness (QED) is 0.828. The summed E-state index contributed by atoms with van der Waals surface area (Å²) in [7, 11) is -2.35. The average Bonchev–Trinajstić information content (AvgIpc) is 2.18. The van der Waals surface area contributed by atoms with Gasteiger partial charge >= 0.3 is 0 Å². The predicted octanol–water partition coefficient (Wildman–Crippen LogP) is 1.12. The zero-order valence-corrected chi connectivity index (χ0v) is 8.85. The van der Waals surface area contributed by atoms with Crippen molar-refractivity contribution in [3.8, 4) is 6.07 Å². The summed E-state index contributed by atoms with van der Waals surface area (Å²) in [5.74, 6) is 0. The molecule has 0 aliphatic heterocycles. The maximum atomic E-state index is 11.4. The van der Waals surface area contributed by atoms with E-state index >= 15 is 0 Å². The monoisotopic (exact) mass is 230 g/mol. The number of nitriles is 1. The number of hydrogen-bond acceptors (Lipinski definition) is 3. The van der Waals surface area contributed by atoms with Crippen LogP contribution >= 0.6 is 11.6 Å². The molecule has 0 heterocycles. The number of rotatable bonds is 2. The van der Waals surface area contributed by atoms with Crippen LogP contribution in [-0.2, 0) is 10.0 Å². The molecule has 4 nitrogen and oxygen atoms in total. The summed E-state index contributed by atoms with van der Waals surface area (Å²) >= 11 is 5.64. The van der Waals surface area contributed by atoms with Crippen LogP contribution in [0.3, 0.4) is 0 Å². The van der Waals surface area contributed by atoms with Gasteiger partial charge in [0, 0.05) is 5.02 Å². The molecule has 0 atom stereocenters. The highest BCUT2D eigenvalue weighted by molar-refractivity contribution is 7.89. The van der Waals surface area contributed by atoms with Gasteiger partial charge in [-0.05, 0) is 25.2 Å². The van der Waals surface area contributed by atoms with E-state index in [1.165, 1.54) is 25.2 Å². The molecule has 0 aliphatic rings. The predicted molar refractivity (Wildman–Crippen MR) is 52.4 cm³/mol. The van der Waals surface area contributed by atoms with Gasteiger partial charge in [0.1, 0.15) is 11.0 Å². The van der Waals surface area contributed by atoms with E-state index < -0.39 is 10.0 Å². The molecule has 0 aromatic heterocycles. The van der Waals surface area contributed by atoms with Crippen LogP contribution in [0.15, 0.2) is 23.1 Å². The Labute approximate surface area is 87.2 Å². The third-order valence-corrected chi connectivity index (χ3v) is 3.31. The van der Waals surface area contributed by atoms with Gasteiger partial charge < -0.3 is 0 Å². The van der Waals surface area contributed by atoms with Gasteiger partial charge in [-0.2, -0.15) is 5.26 Å². The lowest BCUT2D eigenvalue weighted by Gasteiger charge is -2.04. The lowest BCUT2D eigenvalue weighted by Crippen LogP contribution is -2.19. The van der Waals surface area contributed by atoms with Crippen LogP contribution < -0.4 is 4.72 Å². The number of nitrogens with zero attached hydrogens (tertiary/aromatic N) is 1. The third-order valence-electron chi connectivity index (χ3n) is 1.62. The van der Waals surface area contributed by atoms with E-state index in [0.29, 0.717) is 0 Å². The molecule has 0 amide bonds. The van der Waals surface area contributed by atoms with E-state index in [9.17, 15) is 8.42 Å². The van der Waals surface area contributed by atoms with Gasteiger partial charge in [-0.25, -0.2) is 13.1 Å². The molecule has 14 heavy (non-hydrogen) atoms. The van der Waals surface area contributed by atoms with E-state index in [1.54, 1.807) is 6.07 Å². The zero-order valence-electron chi connectivity index (χ0n) is 7.28. The molecule has 1 aromatic rings. The second-order valence-corrected chi connectivity index (χ2v) is 4.75. The first-order valence-electron chi connectivity index (χ1n) is 3.64. The highest BCUT2D eigenvalue weighted by atomic mass is 35.5. The average molecular weight is 231 g/mol. The minimum atomic E-state index is -3.62. The molecule has 0 unspecified atom stereocenters. The van der Waals surface area contributed by atoms with Gasteiger partial charge in [-0.3, -0.25) is 0 Å². The molecule has 0 spiro atoms. The van der Waals surface area contributed by atoms with Crippen LogP contribution in [0.1, 0.15) is 5.56 Å². The third kappa shape index (κ3) is 2.04. The van der Waals surface area contributed by atoms with Crippen LogP contribution in [0.2, 0.25) is 5.02 Å². The van der Waals surface area contributed by atoms with Crippen molar-refractivity contribution in [3.63, 3.8) is 0 Å². The standard InChI is InChI=1S/C8H7ClN2O2S/c1-11-14(12,13)8-4-7(9)3-2-6(8)5-10/h2-4,11H,1H3. The van der Waals surface area contributed by atoms with E-state index in [0.717, 1.165) is 0 Å². The van der Waals surface area contributed by atoms with Crippen molar-refractivity contribution < 1.29 is 8.42 Å². The first-order chi connectivity index (χ1) is 6.51. The molecule has 0 saturated carbocycles. The molecule has 1 aromatic carbocycles. The first kappa shape index (κ1) is 11.0. The first-order valence-corrected chi connectivity index (χ1v) is 5.50. The van der Waals surface area contributed by atoms with Gasteiger partial charge in [-0.15, -0.1) is 0 Å². The van der Waals surface area contributed by atoms with Crippen molar-refractivity contribution in [2.24, 2.45) is 0 Å². The number of benzene rings is 1. The topological polar surface area (TPSA) is 70.0 Å². The van der Waals surface area contributed by atoms with Crippen molar-refractivity contribution in [2.45, 2.75) is 4.90 Å². The van der Waals surface area contributed by atoms with Gasteiger partial charge in [0.05, 0.1) is 5.56 Å². The largest absolute Gasteiger partial charge is 0.241 e. The van der Waals surface area contributed by atoms with Gasteiger partial charge in [0.2, 0.25) is 10.0 Å². The molecule has 0 aliphatic carbocycles. The second kappa shape index (κ2) is 3.96. The maximum Gasteiger partial charge on any atom is 0.241 e. The van der Waals surface area contributed by atoms with Gasteiger partial charge in [-0.1, -0.05) is 11.6 Å². The van der Waals surface area contributed by atoms with E-state index in [1.807, 2.05) is 0 Å². The second-order valence-electron chi connectivity index (χ2n) is 2.46. The minimum absolute atomic E-state index is 0.0729. The number of sulfonamides is 1. The van der Waals surface area contributed by atoms with Crippen molar-refractivity contribution in [1.29, 1.82) is 5.26 Å². The van der Waals surface area contributed by atoms with Crippen LogP contribution in [-0.4, -0.2) is 15.5 Å². The smallest absolute Gasteiger partial charge is 0.214 e. The van der Waals surface area contributed by atoms with Crippen molar-refractivity contribution in [3.05, 3.63) is 28.8 Å². The molecule has 1 N–H and O–H groups in total. The fourth-order valence-corrected chi connectivity index (χ4v) is 2.06. The summed E-state index contributed by atoms with van der Waals surface area (Å²) in [6.07, 6.45) is 0. The van der Waals surface area contributed by atoms with Gasteiger partial charge in [0.25, 0.3) is 0 Å². The molecule has 74 valence electrons. The molecule has 6 heteroatoms. The minimum Gasteiger partial charge on any atom is -0.214 e. The fraction of sp³-hybridized carbons (Fsp3) is 0.125. The lowest BCUT2D eigenvalue weighted by molar-refractivity contribution is 0.588. The Kier molecular flexibility index (Phi) is 3.11. The summed E-state index contributed by atoms with van der Waals surface area (Å²) in [5, 5.41) is 8.96. The normalized spacial score (nSPS) is 10.9. The Morgan fingerprint density at radius 2 is 2.14 bits per heavy atom. The zero-order chi connectivity index (χ0) is 10.8. The molecule has 0 bridgehead atoms. The number of nitrogens with one attached hydrogen (secondary N) is 1. The Hall–Kier alpha value is -1.09. The molecule has 1 rings (SSSR count). The summed E-state index contributed by atoms with van der Waals surface area (Å²) in [5.41, 5.74) is 0.0729. The lowest BCUT2D eigenvalue weighted by atomic mass is 10.2. The molecular weight excluding hydrogens is 224 g/mol. The number of hydrogen-bond donors (Lipinski definition) is 1. The summed E-state index contributed by atoms with van der Waals surface area (Å²) in [6.45, 7) is 0. The van der Waals surface area contributed by atoms with Gasteiger partial charge in [0.15, 0.2) is 0 Å². The highest BCUT2D eigenvalue weighted by Crippen LogP contribution is 2.19. The van der Waals surface area contributed by atoms with E-state index in [4.69, 9.17) is 16.9 Å². The van der Waals surface area contributed by atoms with Crippen molar-refractivity contribution in [2.75, 3.05) is 7.05 Å².